The Morgan fingerprint density at radius 2 is 1.74 bits per heavy atom. The summed E-state index contributed by atoms with van der Waals surface area (Å²) in [5, 5.41) is 2.77. The van der Waals surface area contributed by atoms with E-state index < -0.39 is 12.0 Å². The molecular weight excluding hydrogens is 566 g/mol. The third-order valence-corrected chi connectivity index (χ3v) is 7.82. The highest BCUT2D eigenvalue weighted by molar-refractivity contribution is 7.07. The van der Waals surface area contributed by atoms with E-state index in [0.29, 0.717) is 37.8 Å². The minimum atomic E-state index is -0.657. The molecule has 1 aromatic heterocycles. The molecule has 1 amide bonds. The Hall–Kier alpha value is -4.96. The molecule has 3 aromatic carbocycles. The maximum atomic E-state index is 13.8. The Labute approximate surface area is 252 Å². The van der Waals surface area contributed by atoms with Crippen LogP contribution in [0.5, 0.6) is 11.5 Å². The van der Waals surface area contributed by atoms with E-state index in [4.69, 9.17) is 14.2 Å². The molecule has 1 N–H and O–H groups in total. The number of fused-ring (bicyclic) bond motifs is 1. The lowest BCUT2D eigenvalue weighted by atomic mass is 9.95. The van der Waals surface area contributed by atoms with E-state index in [-0.39, 0.29) is 24.7 Å². The number of allylic oxidation sites excluding steroid dienone is 1. The van der Waals surface area contributed by atoms with Crippen molar-refractivity contribution in [1.82, 2.24) is 4.57 Å². The molecule has 2 heterocycles. The van der Waals surface area contributed by atoms with E-state index in [2.05, 4.69) is 10.3 Å². The first-order valence-corrected chi connectivity index (χ1v) is 14.5. The van der Waals surface area contributed by atoms with Crippen LogP contribution < -0.4 is 29.7 Å². The number of ether oxygens (including phenoxy) is 3. The van der Waals surface area contributed by atoms with Crippen LogP contribution in [0.1, 0.15) is 36.6 Å². The zero-order chi connectivity index (χ0) is 30.5. The average molecular weight is 598 g/mol. The summed E-state index contributed by atoms with van der Waals surface area (Å²) in [5.74, 6) is 0.247. The Morgan fingerprint density at radius 1 is 1.02 bits per heavy atom. The molecule has 0 fully saturated rings. The normalized spacial score (nSPS) is 14.5. The number of benzene rings is 3. The molecule has 4 aromatic rings. The molecule has 1 aliphatic rings. The Morgan fingerprint density at radius 3 is 2.44 bits per heavy atom. The second-order valence-electron chi connectivity index (χ2n) is 9.82. The van der Waals surface area contributed by atoms with Crippen molar-refractivity contribution in [2.24, 2.45) is 4.99 Å². The highest BCUT2D eigenvalue weighted by atomic mass is 32.1. The topological polar surface area (TPSA) is 108 Å². The fraction of sp³-hybridized carbons (Fsp3) is 0.212. The third kappa shape index (κ3) is 6.44. The van der Waals surface area contributed by atoms with Crippen LogP contribution in [-0.2, 0) is 14.3 Å². The number of aromatic nitrogens is 1. The number of amides is 1. The quantitative estimate of drug-likeness (QED) is 0.291. The van der Waals surface area contributed by atoms with Gasteiger partial charge in [0.15, 0.2) is 11.4 Å². The van der Waals surface area contributed by atoms with Gasteiger partial charge in [-0.3, -0.25) is 14.2 Å². The van der Waals surface area contributed by atoms with Gasteiger partial charge in [0.05, 0.1) is 41.2 Å². The zero-order valence-corrected chi connectivity index (χ0v) is 25.1. The van der Waals surface area contributed by atoms with Crippen LogP contribution in [0.15, 0.2) is 93.9 Å². The van der Waals surface area contributed by atoms with Gasteiger partial charge in [0.25, 0.3) is 11.5 Å². The fourth-order valence-electron chi connectivity index (χ4n) is 4.75. The molecule has 0 bridgehead atoms. The van der Waals surface area contributed by atoms with Gasteiger partial charge in [-0.1, -0.05) is 65.4 Å². The highest BCUT2D eigenvalue weighted by Gasteiger charge is 2.33. The minimum Gasteiger partial charge on any atom is -0.495 e. The second kappa shape index (κ2) is 12.9. The first-order chi connectivity index (χ1) is 20.8. The fourth-order valence-corrected chi connectivity index (χ4v) is 5.80. The number of nitrogens with zero attached hydrogens (tertiary/aromatic N) is 2. The van der Waals surface area contributed by atoms with Gasteiger partial charge >= 0.3 is 5.97 Å². The summed E-state index contributed by atoms with van der Waals surface area (Å²) >= 11 is 1.26. The van der Waals surface area contributed by atoms with Gasteiger partial charge in [0, 0.05) is 0 Å². The van der Waals surface area contributed by atoms with Gasteiger partial charge in [-0.25, -0.2) is 9.79 Å². The van der Waals surface area contributed by atoms with Crippen LogP contribution in [0.25, 0.3) is 6.08 Å². The van der Waals surface area contributed by atoms with Crippen molar-refractivity contribution in [2.75, 3.05) is 25.6 Å². The number of hydrogen-bond acceptors (Lipinski definition) is 8. The number of esters is 1. The van der Waals surface area contributed by atoms with E-state index in [9.17, 15) is 14.4 Å². The van der Waals surface area contributed by atoms with E-state index in [0.717, 1.165) is 16.7 Å². The summed E-state index contributed by atoms with van der Waals surface area (Å²) in [5.41, 5.74) is 3.81. The van der Waals surface area contributed by atoms with Gasteiger partial charge in [-0.2, -0.15) is 0 Å². The number of carbonyl (C=O) groups excluding carboxylic acids is 2. The number of methoxy groups -OCH3 is 1. The number of aryl methyl sites for hydroxylation is 1. The molecule has 0 saturated heterocycles. The van der Waals surface area contributed by atoms with E-state index >= 15 is 0 Å². The number of hydrogen-bond donors (Lipinski definition) is 1. The molecule has 220 valence electrons. The van der Waals surface area contributed by atoms with Gasteiger partial charge in [0.1, 0.15) is 11.5 Å². The summed E-state index contributed by atoms with van der Waals surface area (Å²) in [6.45, 7) is 5.52. The number of carbonyl (C=O) groups is 2. The van der Waals surface area contributed by atoms with Crippen LogP contribution >= 0.6 is 11.3 Å². The number of thiazole rings is 1. The standard InChI is InChI=1S/C33H31N3O6S/c1-5-41-32(39)29-21(3)34-33-36(30(29)23-14-10-20(2)11-15-23)31(38)27(43-33)18-22-12-16-24(17-13-22)42-19-28(37)35-25-8-6-7-9-26(25)40-4/h6-18,30H,5,19H2,1-4H3,(H,35,37)/b27-18+/t30-/m1/s1. The largest absolute Gasteiger partial charge is 0.495 e. The number of para-hydroxylation sites is 2. The maximum Gasteiger partial charge on any atom is 0.338 e. The van der Waals surface area contributed by atoms with Crippen molar-refractivity contribution >= 4 is 35.0 Å². The molecular formula is C33H31N3O6S. The molecule has 5 rings (SSSR count). The molecule has 0 aliphatic carbocycles. The molecule has 0 unspecified atom stereocenters. The smallest absolute Gasteiger partial charge is 0.338 e. The lowest BCUT2D eigenvalue weighted by Gasteiger charge is -2.24. The monoisotopic (exact) mass is 597 g/mol. The predicted octanol–water partition coefficient (Wildman–Crippen LogP) is 4.13. The van der Waals surface area contributed by atoms with Crippen LogP contribution in [0.4, 0.5) is 5.69 Å². The number of rotatable bonds is 9. The van der Waals surface area contributed by atoms with Gasteiger partial charge < -0.3 is 19.5 Å². The van der Waals surface area contributed by atoms with Crippen molar-refractivity contribution in [3.05, 3.63) is 120 Å². The summed E-state index contributed by atoms with van der Waals surface area (Å²) < 4.78 is 18.3. The molecule has 0 radical (unpaired) electrons. The minimum absolute atomic E-state index is 0.183. The Bertz CT molecular complexity index is 1870. The van der Waals surface area contributed by atoms with Gasteiger partial charge in [0.2, 0.25) is 0 Å². The lowest BCUT2D eigenvalue weighted by Crippen LogP contribution is -2.39. The van der Waals surface area contributed by atoms with Gasteiger partial charge in [-0.15, -0.1) is 0 Å². The zero-order valence-electron chi connectivity index (χ0n) is 24.2. The van der Waals surface area contributed by atoms with Crippen molar-refractivity contribution in [2.45, 2.75) is 26.8 Å². The van der Waals surface area contributed by atoms with Crippen molar-refractivity contribution in [3.8, 4) is 11.5 Å². The maximum absolute atomic E-state index is 13.8. The molecule has 0 saturated carbocycles. The van der Waals surface area contributed by atoms with E-state index in [1.807, 2.05) is 37.3 Å². The lowest BCUT2D eigenvalue weighted by molar-refractivity contribution is -0.139. The molecule has 0 spiro atoms. The van der Waals surface area contributed by atoms with E-state index in [1.54, 1.807) is 67.0 Å². The summed E-state index contributed by atoms with van der Waals surface area (Å²) in [4.78, 5) is 44.3. The number of nitrogens with one attached hydrogen (secondary N) is 1. The third-order valence-electron chi connectivity index (χ3n) is 6.84. The predicted molar refractivity (Wildman–Crippen MR) is 165 cm³/mol. The first kappa shape index (κ1) is 29.5. The summed E-state index contributed by atoms with van der Waals surface area (Å²) in [7, 11) is 1.54. The molecule has 1 atom stereocenters. The van der Waals surface area contributed by atoms with Crippen LogP contribution in [0.3, 0.4) is 0 Å². The van der Waals surface area contributed by atoms with E-state index in [1.165, 1.54) is 18.4 Å². The SMILES string of the molecule is CCOC(=O)C1=C(C)N=c2s/c(=C/c3ccc(OCC(=O)Nc4ccccc4OC)cc3)c(=O)n2[C@@H]1c1ccc(C)cc1. The van der Waals surface area contributed by atoms with Crippen LogP contribution in [0.2, 0.25) is 0 Å². The molecule has 10 heteroatoms. The number of anilines is 1. The van der Waals surface area contributed by atoms with Crippen molar-refractivity contribution in [3.63, 3.8) is 0 Å². The first-order valence-electron chi connectivity index (χ1n) is 13.7. The van der Waals surface area contributed by atoms with Crippen molar-refractivity contribution < 1.29 is 23.8 Å². The van der Waals surface area contributed by atoms with Crippen LogP contribution in [0, 0.1) is 6.92 Å². The summed E-state index contributed by atoms with van der Waals surface area (Å²) in [6.07, 6.45) is 1.78. The van der Waals surface area contributed by atoms with Crippen molar-refractivity contribution in [1.29, 1.82) is 0 Å². The average Bonchev–Trinajstić information content (AvgIpc) is 3.30. The Balaban J connectivity index is 1.39. The van der Waals surface area contributed by atoms with Gasteiger partial charge in [-0.05, 0) is 62.2 Å². The van der Waals surface area contributed by atoms with Crippen LogP contribution in [-0.4, -0.2) is 36.8 Å². The Kier molecular flexibility index (Phi) is 8.87. The highest BCUT2D eigenvalue weighted by Crippen LogP contribution is 2.31. The molecule has 9 nitrogen and oxygen atoms in total. The summed E-state index contributed by atoms with van der Waals surface area (Å²) in [6, 6.07) is 21.3. The second-order valence-corrected chi connectivity index (χ2v) is 10.8. The molecule has 43 heavy (non-hydrogen) atoms. The molecule has 1 aliphatic heterocycles.